The van der Waals surface area contributed by atoms with Gasteiger partial charge in [0, 0.05) is 61.0 Å². The molecular formula is C32H28N4O5S. The molecule has 1 aliphatic rings. The summed E-state index contributed by atoms with van der Waals surface area (Å²) in [7, 11) is -3.84. The molecule has 1 aromatic heterocycles. The van der Waals surface area contributed by atoms with Crippen molar-refractivity contribution < 1.29 is 23.1 Å². The Kier molecular flexibility index (Phi) is 8.50. The molecule has 2 N–H and O–H groups in total. The molecule has 0 saturated carbocycles. The Morgan fingerprint density at radius 2 is 1.48 bits per heavy atom. The van der Waals surface area contributed by atoms with E-state index < -0.39 is 15.9 Å². The van der Waals surface area contributed by atoms with Gasteiger partial charge in [-0.1, -0.05) is 42.2 Å². The van der Waals surface area contributed by atoms with Gasteiger partial charge in [-0.25, -0.2) is 13.1 Å². The van der Waals surface area contributed by atoms with Crippen molar-refractivity contribution in [2.45, 2.75) is 5.75 Å². The van der Waals surface area contributed by atoms with E-state index in [0.29, 0.717) is 42.9 Å². The molecule has 0 aliphatic carbocycles. The highest BCUT2D eigenvalue weighted by atomic mass is 32.2. The molecule has 2 amide bonds. The average molecular weight is 581 g/mol. The summed E-state index contributed by atoms with van der Waals surface area (Å²) < 4.78 is 27.0. The maximum atomic E-state index is 13.2. The molecule has 42 heavy (non-hydrogen) atoms. The van der Waals surface area contributed by atoms with Crippen molar-refractivity contribution in [3.05, 3.63) is 125 Å². The zero-order valence-corrected chi connectivity index (χ0v) is 23.4. The third kappa shape index (κ3) is 7.33. The number of phenolic OH excluding ortho intramolecular Hbond substituents is 1. The van der Waals surface area contributed by atoms with E-state index in [1.54, 1.807) is 96.0 Å². The van der Waals surface area contributed by atoms with Gasteiger partial charge < -0.3 is 14.9 Å². The van der Waals surface area contributed by atoms with Crippen LogP contribution < -0.4 is 9.62 Å². The van der Waals surface area contributed by atoms with Gasteiger partial charge in [-0.15, -0.1) is 0 Å². The number of hydrogen-bond acceptors (Lipinski definition) is 7. The van der Waals surface area contributed by atoms with Gasteiger partial charge in [0.1, 0.15) is 5.75 Å². The molecule has 1 aliphatic heterocycles. The largest absolute Gasteiger partial charge is 0.508 e. The Morgan fingerprint density at radius 1 is 0.810 bits per heavy atom. The lowest BCUT2D eigenvalue weighted by Gasteiger charge is -2.36. The Morgan fingerprint density at radius 3 is 2.17 bits per heavy atom. The molecule has 3 aromatic carbocycles. The Labute approximate surface area is 244 Å². The van der Waals surface area contributed by atoms with E-state index >= 15 is 0 Å². The minimum absolute atomic E-state index is 0.126. The number of benzene rings is 3. The predicted octanol–water partition coefficient (Wildman–Crippen LogP) is 3.41. The second-order valence-corrected chi connectivity index (χ2v) is 11.5. The number of aromatic hydroxyl groups is 1. The standard InChI is InChI=1S/C32H28N4O5S/c37-30-14-8-24(9-15-30)6-7-26-20-28(22-33-21-26)32(39)36-18-16-35(17-19-36)29-12-10-27(11-13-29)31(38)34-42(40,41)23-25-4-2-1-3-5-25/h1-5,8-15,20-22,37H,16-19,23H2,(H,34,38). The smallest absolute Gasteiger partial charge is 0.264 e. The van der Waals surface area contributed by atoms with Gasteiger partial charge in [0.05, 0.1) is 11.3 Å². The molecule has 9 nitrogen and oxygen atoms in total. The van der Waals surface area contributed by atoms with Gasteiger partial charge in [-0.3, -0.25) is 14.6 Å². The van der Waals surface area contributed by atoms with E-state index in [-0.39, 0.29) is 23.0 Å². The normalized spacial score (nSPS) is 13.1. The molecular weight excluding hydrogens is 552 g/mol. The van der Waals surface area contributed by atoms with Crippen molar-refractivity contribution in [2.24, 2.45) is 0 Å². The molecule has 212 valence electrons. The van der Waals surface area contributed by atoms with Gasteiger partial charge in [0.15, 0.2) is 0 Å². The molecule has 1 saturated heterocycles. The molecule has 0 unspecified atom stereocenters. The molecule has 1 fully saturated rings. The summed E-state index contributed by atoms with van der Waals surface area (Å²) in [6.45, 7) is 2.19. The van der Waals surface area contributed by atoms with E-state index in [4.69, 9.17) is 0 Å². The summed E-state index contributed by atoms with van der Waals surface area (Å²) in [6.07, 6.45) is 3.13. The third-order valence-corrected chi connectivity index (χ3v) is 7.92. The molecule has 0 bridgehead atoms. The number of sulfonamides is 1. The molecule has 0 spiro atoms. The van der Waals surface area contributed by atoms with Crippen molar-refractivity contribution in [3.63, 3.8) is 0 Å². The quantitative estimate of drug-likeness (QED) is 0.336. The average Bonchev–Trinajstić information content (AvgIpc) is 3.01. The van der Waals surface area contributed by atoms with Crippen LogP contribution in [0.4, 0.5) is 5.69 Å². The number of piperazine rings is 1. The number of pyridine rings is 1. The van der Waals surface area contributed by atoms with Crippen molar-refractivity contribution in [3.8, 4) is 17.6 Å². The van der Waals surface area contributed by atoms with Gasteiger partial charge in [-0.2, -0.15) is 0 Å². The number of phenols is 1. The van der Waals surface area contributed by atoms with Crippen LogP contribution in [-0.2, 0) is 15.8 Å². The van der Waals surface area contributed by atoms with Gasteiger partial charge in [-0.05, 0) is 60.2 Å². The third-order valence-electron chi connectivity index (χ3n) is 6.71. The number of aromatic nitrogens is 1. The lowest BCUT2D eigenvalue weighted by atomic mass is 10.1. The van der Waals surface area contributed by atoms with E-state index in [2.05, 4.69) is 26.4 Å². The maximum Gasteiger partial charge on any atom is 0.264 e. The summed E-state index contributed by atoms with van der Waals surface area (Å²) in [4.78, 5) is 33.8. The fourth-order valence-electron chi connectivity index (χ4n) is 4.52. The zero-order valence-electron chi connectivity index (χ0n) is 22.6. The van der Waals surface area contributed by atoms with Crippen LogP contribution >= 0.6 is 0 Å². The van der Waals surface area contributed by atoms with E-state index in [0.717, 1.165) is 11.3 Å². The number of anilines is 1. The maximum absolute atomic E-state index is 13.2. The topological polar surface area (TPSA) is 120 Å². The summed E-state index contributed by atoms with van der Waals surface area (Å²) in [5, 5.41) is 9.41. The van der Waals surface area contributed by atoms with Crippen molar-refractivity contribution in [1.82, 2.24) is 14.6 Å². The van der Waals surface area contributed by atoms with Crippen LogP contribution in [0.3, 0.4) is 0 Å². The van der Waals surface area contributed by atoms with Crippen molar-refractivity contribution in [1.29, 1.82) is 0 Å². The first-order valence-electron chi connectivity index (χ1n) is 13.2. The molecule has 2 heterocycles. The first kappa shape index (κ1) is 28.4. The lowest BCUT2D eigenvalue weighted by molar-refractivity contribution is 0.0746. The second-order valence-electron chi connectivity index (χ2n) is 9.76. The Bertz CT molecular complexity index is 1740. The Balaban J connectivity index is 1.15. The van der Waals surface area contributed by atoms with E-state index in [1.807, 2.05) is 0 Å². The monoisotopic (exact) mass is 580 g/mol. The minimum atomic E-state index is -3.84. The molecule has 10 heteroatoms. The first-order valence-corrected chi connectivity index (χ1v) is 14.9. The van der Waals surface area contributed by atoms with Crippen LogP contribution in [0.5, 0.6) is 5.75 Å². The fraction of sp³-hybridized carbons (Fsp3) is 0.156. The summed E-state index contributed by atoms with van der Waals surface area (Å²) in [5.74, 6) is 5.09. The number of nitrogens with zero attached hydrogens (tertiary/aromatic N) is 3. The predicted molar refractivity (Wildman–Crippen MR) is 159 cm³/mol. The first-order chi connectivity index (χ1) is 20.3. The van der Waals surface area contributed by atoms with Crippen LogP contribution in [0.2, 0.25) is 0 Å². The van der Waals surface area contributed by atoms with Crippen LogP contribution in [0.1, 0.15) is 37.4 Å². The Hall–Kier alpha value is -5.14. The number of carbonyl (C=O) groups is 2. The van der Waals surface area contributed by atoms with Gasteiger partial charge in [0.2, 0.25) is 10.0 Å². The highest BCUT2D eigenvalue weighted by Crippen LogP contribution is 2.19. The van der Waals surface area contributed by atoms with E-state index in [9.17, 15) is 23.1 Å². The molecule has 0 atom stereocenters. The van der Waals surface area contributed by atoms with Crippen molar-refractivity contribution in [2.75, 3.05) is 31.1 Å². The number of nitrogens with one attached hydrogen (secondary N) is 1. The molecule has 4 aromatic rings. The molecule has 5 rings (SSSR count). The lowest BCUT2D eigenvalue weighted by Crippen LogP contribution is -2.48. The second kappa shape index (κ2) is 12.6. The highest BCUT2D eigenvalue weighted by Gasteiger charge is 2.23. The summed E-state index contributed by atoms with van der Waals surface area (Å²) >= 11 is 0. The molecule has 0 radical (unpaired) electrons. The van der Waals surface area contributed by atoms with Crippen molar-refractivity contribution >= 4 is 27.5 Å². The number of rotatable bonds is 6. The number of hydrogen-bond donors (Lipinski definition) is 2. The SMILES string of the molecule is O=C(NS(=O)(=O)Cc1ccccc1)c1ccc(N2CCN(C(=O)c3cncc(C#Cc4ccc(O)cc4)c3)CC2)cc1. The van der Waals surface area contributed by atoms with Gasteiger partial charge in [0.25, 0.3) is 11.8 Å². The number of carbonyl (C=O) groups excluding carboxylic acids is 2. The summed E-state index contributed by atoms with van der Waals surface area (Å²) in [6, 6.07) is 23.7. The fourth-order valence-corrected chi connectivity index (χ4v) is 5.62. The van der Waals surface area contributed by atoms with Gasteiger partial charge >= 0.3 is 0 Å². The van der Waals surface area contributed by atoms with E-state index in [1.165, 1.54) is 6.20 Å². The summed E-state index contributed by atoms with van der Waals surface area (Å²) in [5.41, 5.74) is 3.52. The van der Waals surface area contributed by atoms with Crippen LogP contribution in [0.15, 0.2) is 97.3 Å². The minimum Gasteiger partial charge on any atom is -0.508 e. The van der Waals surface area contributed by atoms with Crippen LogP contribution in [0, 0.1) is 11.8 Å². The highest BCUT2D eigenvalue weighted by molar-refractivity contribution is 7.89. The number of amides is 2. The van der Waals surface area contributed by atoms with Crippen LogP contribution in [-0.4, -0.2) is 61.4 Å². The zero-order chi connectivity index (χ0) is 29.5. The van der Waals surface area contributed by atoms with Crippen LogP contribution in [0.25, 0.3) is 0 Å².